The maximum absolute atomic E-state index is 11.8. The Bertz CT molecular complexity index is 543. The molecule has 1 aliphatic heterocycles. The number of carbonyl (C=O) groups excluding carboxylic acids is 2. The molecule has 0 saturated carbocycles. The standard InChI is InChI=1S/C17H22O5/c1-10-5-4-6-13(9-21-12(3)18)8-15-16(14(19)7-10)11(2)17(20)22-15/h5,8,14-16,19H,2,4,6-7,9H2,1,3H3/b10-5-,13-8+/t14-,15+,16+/m0/s1. The smallest absolute Gasteiger partial charge is 0.334 e. The number of hydrogen-bond donors (Lipinski definition) is 1. The van der Waals surface area contributed by atoms with Crippen molar-refractivity contribution in [3.63, 3.8) is 0 Å². The summed E-state index contributed by atoms with van der Waals surface area (Å²) in [7, 11) is 0. The molecule has 1 saturated heterocycles. The third-order valence-corrected chi connectivity index (χ3v) is 4.03. The Hall–Kier alpha value is -1.88. The van der Waals surface area contributed by atoms with Crippen LogP contribution in [0.1, 0.15) is 33.1 Å². The van der Waals surface area contributed by atoms with Crippen molar-refractivity contribution in [2.75, 3.05) is 6.61 Å². The van der Waals surface area contributed by atoms with Gasteiger partial charge in [-0.25, -0.2) is 4.79 Å². The highest BCUT2D eigenvalue weighted by Crippen LogP contribution is 2.34. The Morgan fingerprint density at radius 1 is 1.55 bits per heavy atom. The normalized spacial score (nSPS) is 33.9. The summed E-state index contributed by atoms with van der Waals surface area (Å²) < 4.78 is 10.4. The van der Waals surface area contributed by atoms with Crippen molar-refractivity contribution in [1.82, 2.24) is 0 Å². The summed E-state index contributed by atoms with van der Waals surface area (Å²) in [4.78, 5) is 22.8. The number of carbonyl (C=O) groups is 2. The zero-order valence-electron chi connectivity index (χ0n) is 13.0. The highest BCUT2D eigenvalue weighted by Gasteiger charge is 2.42. The zero-order chi connectivity index (χ0) is 16.3. The Balaban J connectivity index is 2.28. The summed E-state index contributed by atoms with van der Waals surface area (Å²) in [6.07, 6.45) is 4.58. The first-order valence-corrected chi connectivity index (χ1v) is 7.45. The van der Waals surface area contributed by atoms with Gasteiger partial charge in [-0.2, -0.15) is 0 Å². The van der Waals surface area contributed by atoms with Gasteiger partial charge in [-0.1, -0.05) is 18.2 Å². The summed E-state index contributed by atoms with van der Waals surface area (Å²) in [5.41, 5.74) is 2.24. The molecule has 2 aliphatic rings. The van der Waals surface area contributed by atoms with Crippen LogP contribution in [0.2, 0.25) is 0 Å². The second kappa shape index (κ2) is 6.92. The van der Waals surface area contributed by atoms with Crippen molar-refractivity contribution in [1.29, 1.82) is 0 Å². The number of ether oxygens (including phenoxy) is 2. The lowest BCUT2D eigenvalue weighted by Crippen LogP contribution is -2.29. The van der Waals surface area contributed by atoms with E-state index in [4.69, 9.17) is 9.47 Å². The van der Waals surface area contributed by atoms with E-state index in [1.807, 2.05) is 6.92 Å². The Morgan fingerprint density at radius 3 is 2.95 bits per heavy atom. The third kappa shape index (κ3) is 3.85. The summed E-state index contributed by atoms with van der Waals surface area (Å²) in [5, 5.41) is 10.4. The fourth-order valence-corrected chi connectivity index (χ4v) is 2.87. The van der Waals surface area contributed by atoms with Crippen LogP contribution in [-0.2, 0) is 19.1 Å². The Kier molecular flexibility index (Phi) is 5.19. The number of rotatable bonds is 2. The minimum atomic E-state index is -0.718. The molecule has 22 heavy (non-hydrogen) atoms. The van der Waals surface area contributed by atoms with Crippen molar-refractivity contribution < 1.29 is 24.2 Å². The van der Waals surface area contributed by atoms with Gasteiger partial charge in [0.15, 0.2) is 0 Å². The Labute approximate surface area is 130 Å². The fraction of sp³-hybridized carbons (Fsp3) is 0.529. The molecule has 0 spiro atoms. The van der Waals surface area contributed by atoms with Crippen LogP contribution in [0, 0.1) is 5.92 Å². The largest absolute Gasteiger partial charge is 0.461 e. The summed E-state index contributed by atoms with van der Waals surface area (Å²) in [6, 6.07) is 0. The van der Waals surface area contributed by atoms with Gasteiger partial charge in [0.1, 0.15) is 12.7 Å². The average molecular weight is 306 g/mol. The van der Waals surface area contributed by atoms with Crippen LogP contribution in [-0.4, -0.2) is 35.9 Å². The molecule has 5 nitrogen and oxygen atoms in total. The summed E-state index contributed by atoms with van der Waals surface area (Å²) in [5.74, 6) is -1.28. The van der Waals surface area contributed by atoms with Gasteiger partial charge in [-0.15, -0.1) is 0 Å². The Morgan fingerprint density at radius 2 is 2.27 bits per heavy atom. The first-order chi connectivity index (χ1) is 10.4. The summed E-state index contributed by atoms with van der Waals surface area (Å²) in [6.45, 7) is 7.23. The quantitative estimate of drug-likeness (QED) is 0.480. The SMILES string of the molecule is C=C1C(=O)O[C@@H]2/C=C(/COC(C)=O)CC/C=C(/C)C[C@H](O)[C@@H]12. The number of aliphatic hydroxyl groups is 1. The molecule has 0 radical (unpaired) electrons. The predicted octanol–water partition coefficient (Wildman–Crippen LogP) is 2.06. The molecule has 0 unspecified atom stereocenters. The van der Waals surface area contributed by atoms with E-state index in [1.54, 1.807) is 6.08 Å². The van der Waals surface area contributed by atoms with E-state index >= 15 is 0 Å². The molecule has 5 heteroatoms. The summed E-state index contributed by atoms with van der Waals surface area (Å²) >= 11 is 0. The molecular formula is C17H22O5. The van der Waals surface area contributed by atoms with Crippen molar-refractivity contribution in [3.8, 4) is 0 Å². The molecule has 0 aromatic heterocycles. The molecule has 1 fully saturated rings. The molecule has 2 rings (SSSR count). The molecule has 120 valence electrons. The van der Waals surface area contributed by atoms with Crippen LogP contribution < -0.4 is 0 Å². The number of allylic oxidation sites excluding steroid dienone is 1. The van der Waals surface area contributed by atoms with Gasteiger partial charge < -0.3 is 14.6 Å². The van der Waals surface area contributed by atoms with Crippen LogP contribution in [0.4, 0.5) is 0 Å². The predicted molar refractivity (Wildman–Crippen MR) is 80.8 cm³/mol. The number of esters is 2. The van der Waals surface area contributed by atoms with Crippen LogP contribution in [0.3, 0.4) is 0 Å². The molecule has 1 heterocycles. The third-order valence-electron chi connectivity index (χ3n) is 4.03. The lowest BCUT2D eigenvalue weighted by molar-refractivity contribution is -0.140. The van der Waals surface area contributed by atoms with Crippen molar-refractivity contribution >= 4 is 11.9 Å². The van der Waals surface area contributed by atoms with Gasteiger partial charge in [0.2, 0.25) is 0 Å². The van der Waals surface area contributed by atoms with E-state index in [9.17, 15) is 14.7 Å². The first kappa shape index (κ1) is 16.5. The average Bonchev–Trinajstić information content (AvgIpc) is 2.70. The molecule has 1 N–H and O–H groups in total. The zero-order valence-corrected chi connectivity index (χ0v) is 13.0. The molecule has 0 amide bonds. The van der Waals surface area contributed by atoms with Gasteiger partial charge in [0, 0.05) is 12.5 Å². The maximum atomic E-state index is 11.8. The lowest BCUT2D eigenvalue weighted by Gasteiger charge is -2.23. The molecular weight excluding hydrogens is 284 g/mol. The van der Waals surface area contributed by atoms with E-state index < -0.39 is 24.1 Å². The van der Waals surface area contributed by atoms with E-state index in [1.165, 1.54) is 6.92 Å². The lowest BCUT2D eigenvalue weighted by atomic mass is 9.85. The highest BCUT2D eigenvalue weighted by molar-refractivity contribution is 5.91. The second-order valence-corrected chi connectivity index (χ2v) is 5.89. The van der Waals surface area contributed by atoms with Gasteiger partial charge in [0.25, 0.3) is 0 Å². The van der Waals surface area contributed by atoms with Gasteiger partial charge in [-0.05, 0) is 37.8 Å². The monoisotopic (exact) mass is 306 g/mol. The topological polar surface area (TPSA) is 72.8 Å². The minimum Gasteiger partial charge on any atom is -0.461 e. The van der Waals surface area contributed by atoms with Gasteiger partial charge >= 0.3 is 11.9 Å². The first-order valence-electron chi connectivity index (χ1n) is 7.45. The number of aliphatic hydroxyl groups excluding tert-OH is 1. The van der Waals surface area contributed by atoms with Crippen LogP contribution >= 0.6 is 0 Å². The molecule has 0 aromatic rings. The van der Waals surface area contributed by atoms with Crippen LogP contribution in [0.15, 0.2) is 35.5 Å². The van der Waals surface area contributed by atoms with E-state index in [2.05, 4.69) is 12.7 Å². The van der Waals surface area contributed by atoms with Crippen molar-refractivity contribution in [2.24, 2.45) is 5.92 Å². The van der Waals surface area contributed by atoms with Gasteiger partial charge in [-0.3, -0.25) is 4.79 Å². The maximum Gasteiger partial charge on any atom is 0.334 e. The van der Waals surface area contributed by atoms with Crippen molar-refractivity contribution in [3.05, 3.63) is 35.5 Å². The van der Waals surface area contributed by atoms with E-state index in [-0.39, 0.29) is 12.6 Å². The molecule has 0 bridgehead atoms. The minimum absolute atomic E-state index is 0.172. The fourth-order valence-electron chi connectivity index (χ4n) is 2.87. The molecule has 1 aliphatic carbocycles. The highest BCUT2D eigenvalue weighted by atomic mass is 16.6. The van der Waals surface area contributed by atoms with Gasteiger partial charge in [0.05, 0.1) is 12.0 Å². The molecule has 0 aromatic carbocycles. The van der Waals surface area contributed by atoms with E-state index in [0.717, 1.165) is 17.6 Å². The number of fused-ring (bicyclic) bond motifs is 1. The van der Waals surface area contributed by atoms with E-state index in [0.29, 0.717) is 18.4 Å². The van der Waals surface area contributed by atoms with Crippen molar-refractivity contribution in [2.45, 2.75) is 45.3 Å². The number of hydrogen-bond acceptors (Lipinski definition) is 5. The molecule has 3 atom stereocenters. The second-order valence-electron chi connectivity index (χ2n) is 5.89. The van der Waals surface area contributed by atoms with Crippen LogP contribution in [0.25, 0.3) is 0 Å². The van der Waals surface area contributed by atoms with Crippen LogP contribution in [0.5, 0.6) is 0 Å².